The molecule has 1 aliphatic rings. The Bertz CT molecular complexity index is 523. The quantitative estimate of drug-likeness (QED) is 0.627. The minimum atomic E-state index is -0.330. The number of hydrogen-bond acceptors (Lipinski definition) is 3. The third kappa shape index (κ3) is 2.82. The van der Waals surface area contributed by atoms with Crippen LogP contribution in [0.4, 0.5) is 5.69 Å². The van der Waals surface area contributed by atoms with Crippen molar-refractivity contribution in [1.29, 1.82) is 0 Å². The van der Waals surface area contributed by atoms with Gasteiger partial charge in [0.25, 0.3) is 5.69 Å². The summed E-state index contributed by atoms with van der Waals surface area (Å²) in [6, 6.07) is 7.14. The van der Waals surface area contributed by atoms with Crippen molar-refractivity contribution < 1.29 is 4.92 Å². The van der Waals surface area contributed by atoms with Crippen LogP contribution in [0.3, 0.4) is 0 Å². The molecule has 1 unspecified atom stereocenters. The van der Waals surface area contributed by atoms with Crippen molar-refractivity contribution in [2.24, 2.45) is 16.7 Å². The Hall–Kier alpha value is -1.42. The van der Waals surface area contributed by atoms with Gasteiger partial charge in [-0.1, -0.05) is 46.8 Å². The Labute approximate surface area is 127 Å². The summed E-state index contributed by atoms with van der Waals surface area (Å²) < 4.78 is 0. The second-order valence-electron chi connectivity index (χ2n) is 7.22. The van der Waals surface area contributed by atoms with E-state index in [1.165, 1.54) is 0 Å². The van der Waals surface area contributed by atoms with Gasteiger partial charge in [-0.05, 0) is 35.3 Å². The molecule has 0 aliphatic heterocycles. The summed E-state index contributed by atoms with van der Waals surface area (Å²) in [6.07, 6.45) is 0.925. The zero-order valence-corrected chi connectivity index (χ0v) is 13.6. The maximum absolute atomic E-state index is 10.9. The Morgan fingerprint density at radius 2 is 1.90 bits per heavy atom. The number of nitrogens with zero attached hydrogens (tertiary/aromatic N) is 1. The van der Waals surface area contributed by atoms with E-state index < -0.39 is 0 Å². The Morgan fingerprint density at radius 3 is 2.38 bits per heavy atom. The molecular weight excluding hydrogens is 264 g/mol. The predicted molar refractivity (Wildman–Crippen MR) is 85.2 cm³/mol. The lowest BCUT2D eigenvalue weighted by Crippen LogP contribution is -2.24. The average molecular weight is 290 g/mol. The highest BCUT2D eigenvalue weighted by Crippen LogP contribution is 2.68. The van der Waals surface area contributed by atoms with Gasteiger partial charge in [0, 0.05) is 18.2 Å². The first kappa shape index (κ1) is 16.0. The minimum Gasteiger partial charge on any atom is -0.310 e. The van der Waals surface area contributed by atoms with Crippen molar-refractivity contribution in [1.82, 2.24) is 5.32 Å². The molecule has 2 rings (SSSR count). The maximum atomic E-state index is 10.9. The standard InChI is InChI=1S/C17H26N2O2/c1-6-14(12-8-7-9-13(10-12)19(20)21)18-11-15-16(2,3)17(15,4)5/h7-10,14-15,18H,6,11H2,1-5H3. The number of non-ortho nitro benzene ring substituents is 1. The first-order chi connectivity index (χ1) is 9.71. The number of nitro groups is 1. The average Bonchev–Trinajstić information content (AvgIpc) is 2.81. The zero-order valence-electron chi connectivity index (χ0n) is 13.6. The van der Waals surface area contributed by atoms with E-state index in [0.717, 1.165) is 18.5 Å². The molecule has 1 saturated carbocycles. The van der Waals surface area contributed by atoms with Gasteiger partial charge in [0.15, 0.2) is 0 Å². The second-order valence-corrected chi connectivity index (χ2v) is 7.22. The van der Waals surface area contributed by atoms with Crippen molar-refractivity contribution in [3.05, 3.63) is 39.9 Å². The van der Waals surface area contributed by atoms with E-state index in [-0.39, 0.29) is 16.7 Å². The van der Waals surface area contributed by atoms with Crippen molar-refractivity contribution in [2.75, 3.05) is 6.54 Å². The van der Waals surface area contributed by atoms with E-state index in [1.54, 1.807) is 18.2 Å². The highest BCUT2D eigenvalue weighted by molar-refractivity contribution is 5.35. The Morgan fingerprint density at radius 1 is 1.29 bits per heavy atom. The van der Waals surface area contributed by atoms with Crippen LogP contribution in [0.1, 0.15) is 52.6 Å². The molecule has 116 valence electrons. The highest BCUT2D eigenvalue weighted by Gasteiger charge is 2.63. The Kier molecular flexibility index (Phi) is 4.11. The molecule has 0 saturated heterocycles. The molecule has 0 radical (unpaired) electrons. The molecule has 0 aromatic heterocycles. The van der Waals surface area contributed by atoms with Crippen LogP contribution in [0.25, 0.3) is 0 Å². The third-order valence-electron chi connectivity index (χ3n) is 5.78. The fraction of sp³-hybridized carbons (Fsp3) is 0.647. The molecule has 1 atom stereocenters. The monoisotopic (exact) mass is 290 g/mol. The van der Waals surface area contributed by atoms with Crippen LogP contribution in [0.2, 0.25) is 0 Å². The van der Waals surface area contributed by atoms with Crippen molar-refractivity contribution in [3.63, 3.8) is 0 Å². The molecule has 1 N–H and O–H groups in total. The molecule has 1 fully saturated rings. The van der Waals surface area contributed by atoms with Gasteiger partial charge in [-0.2, -0.15) is 0 Å². The van der Waals surface area contributed by atoms with Gasteiger partial charge in [-0.3, -0.25) is 10.1 Å². The smallest absolute Gasteiger partial charge is 0.269 e. The first-order valence-electron chi connectivity index (χ1n) is 7.69. The van der Waals surface area contributed by atoms with Crippen LogP contribution in [0.5, 0.6) is 0 Å². The minimum absolute atomic E-state index is 0.167. The first-order valence-corrected chi connectivity index (χ1v) is 7.69. The third-order valence-corrected chi connectivity index (χ3v) is 5.78. The molecule has 0 spiro atoms. The number of benzene rings is 1. The van der Waals surface area contributed by atoms with E-state index >= 15 is 0 Å². The maximum Gasteiger partial charge on any atom is 0.269 e. The van der Waals surface area contributed by atoms with E-state index in [9.17, 15) is 10.1 Å². The molecule has 1 aromatic rings. The number of nitro benzene ring substituents is 1. The summed E-state index contributed by atoms with van der Waals surface area (Å²) in [4.78, 5) is 10.6. The fourth-order valence-corrected chi connectivity index (χ4v) is 3.46. The summed E-state index contributed by atoms with van der Waals surface area (Å²) in [5, 5.41) is 14.5. The lowest BCUT2D eigenvalue weighted by molar-refractivity contribution is -0.384. The van der Waals surface area contributed by atoms with Gasteiger partial charge in [0.05, 0.1) is 4.92 Å². The second kappa shape index (κ2) is 5.41. The normalized spacial score (nSPS) is 21.0. The van der Waals surface area contributed by atoms with Crippen LogP contribution in [0.15, 0.2) is 24.3 Å². The van der Waals surface area contributed by atoms with Gasteiger partial charge in [0.1, 0.15) is 0 Å². The number of rotatable bonds is 6. The van der Waals surface area contributed by atoms with Crippen molar-refractivity contribution in [2.45, 2.75) is 47.1 Å². The van der Waals surface area contributed by atoms with Gasteiger partial charge >= 0.3 is 0 Å². The van der Waals surface area contributed by atoms with E-state index in [0.29, 0.717) is 16.7 Å². The van der Waals surface area contributed by atoms with Crippen LogP contribution < -0.4 is 5.32 Å². The Balaban J connectivity index is 2.04. The molecule has 21 heavy (non-hydrogen) atoms. The molecule has 1 aromatic carbocycles. The summed E-state index contributed by atoms with van der Waals surface area (Å²) in [7, 11) is 0. The van der Waals surface area contributed by atoms with Gasteiger partial charge < -0.3 is 5.32 Å². The van der Waals surface area contributed by atoms with Gasteiger partial charge in [-0.15, -0.1) is 0 Å². The fourth-order valence-electron chi connectivity index (χ4n) is 3.46. The topological polar surface area (TPSA) is 55.2 Å². The summed E-state index contributed by atoms with van der Waals surface area (Å²) >= 11 is 0. The van der Waals surface area contributed by atoms with E-state index in [4.69, 9.17) is 0 Å². The molecule has 4 heteroatoms. The predicted octanol–water partition coefficient (Wildman–Crippen LogP) is 4.32. The summed E-state index contributed by atoms with van der Waals surface area (Å²) in [6.45, 7) is 12.3. The van der Waals surface area contributed by atoms with Crippen LogP contribution in [-0.4, -0.2) is 11.5 Å². The largest absolute Gasteiger partial charge is 0.310 e. The lowest BCUT2D eigenvalue weighted by Gasteiger charge is -2.18. The van der Waals surface area contributed by atoms with Crippen LogP contribution >= 0.6 is 0 Å². The molecule has 4 nitrogen and oxygen atoms in total. The molecule has 0 bridgehead atoms. The number of hydrogen-bond donors (Lipinski definition) is 1. The van der Waals surface area contributed by atoms with Crippen LogP contribution in [-0.2, 0) is 0 Å². The number of nitrogens with one attached hydrogen (secondary N) is 1. The molecular formula is C17H26N2O2. The van der Waals surface area contributed by atoms with Gasteiger partial charge in [0.2, 0.25) is 0 Å². The van der Waals surface area contributed by atoms with Crippen molar-refractivity contribution >= 4 is 5.69 Å². The summed E-state index contributed by atoms with van der Waals surface area (Å²) in [5.41, 5.74) is 1.89. The molecule has 0 amide bonds. The molecule has 0 heterocycles. The highest BCUT2D eigenvalue weighted by atomic mass is 16.6. The lowest BCUT2D eigenvalue weighted by atomic mass is 10.0. The zero-order chi connectivity index (χ0) is 15.8. The van der Waals surface area contributed by atoms with E-state index in [2.05, 4.69) is 39.9 Å². The summed E-state index contributed by atoms with van der Waals surface area (Å²) in [5.74, 6) is 0.651. The van der Waals surface area contributed by atoms with E-state index in [1.807, 2.05) is 6.07 Å². The van der Waals surface area contributed by atoms with Gasteiger partial charge in [-0.25, -0.2) is 0 Å². The SMILES string of the molecule is CCC(NCC1C(C)(C)C1(C)C)c1cccc([N+](=O)[O-])c1. The molecule has 1 aliphatic carbocycles. The van der Waals surface area contributed by atoms with Crippen LogP contribution in [0, 0.1) is 26.9 Å². The van der Waals surface area contributed by atoms with Crippen molar-refractivity contribution in [3.8, 4) is 0 Å².